The summed E-state index contributed by atoms with van der Waals surface area (Å²) in [6.07, 6.45) is 1.71. The van der Waals surface area contributed by atoms with Gasteiger partial charge in [-0.05, 0) is 26.0 Å². The molecule has 1 N–H and O–H groups in total. The lowest BCUT2D eigenvalue weighted by molar-refractivity contribution is 0.0940. The van der Waals surface area contributed by atoms with Crippen molar-refractivity contribution >= 4 is 33.8 Å². The van der Waals surface area contributed by atoms with E-state index >= 15 is 0 Å². The van der Waals surface area contributed by atoms with Crippen LogP contribution in [-0.4, -0.2) is 38.1 Å². The summed E-state index contributed by atoms with van der Waals surface area (Å²) in [5.41, 5.74) is 1.80. The monoisotopic (exact) mass is 421 g/mol. The largest absolute Gasteiger partial charge is 0.354 e. The van der Waals surface area contributed by atoms with Gasteiger partial charge in [-0.25, -0.2) is 9.67 Å². The van der Waals surface area contributed by atoms with Gasteiger partial charge in [0.2, 0.25) is 0 Å². The highest BCUT2D eigenvalue weighted by Gasteiger charge is 2.21. The molecule has 0 atom stereocenters. The Morgan fingerprint density at radius 3 is 2.57 bits per heavy atom. The van der Waals surface area contributed by atoms with Gasteiger partial charge < -0.3 is 5.32 Å². The molecule has 152 valence electrons. The van der Waals surface area contributed by atoms with Gasteiger partial charge in [0.1, 0.15) is 6.54 Å². The van der Waals surface area contributed by atoms with E-state index in [1.54, 1.807) is 36.5 Å². The van der Waals surface area contributed by atoms with E-state index in [4.69, 9.17) is 0 Å². The molecule has 0 radical (unpaired) electrons. The number of hydrogen-bond acceptors (Lipinski definition) is 6. The summed E-state index contributed by atoms with van der Waals surface area (Å²) in [4.78, 5) is 42.6. The molecule has 0 fully saturated rings. The predicted octanol–water partition coefficient (Wildman–Crippen LogP) is 2.50. The highest BCUT2D eigenvalue weighted by Crippen LogP contribution is 2.23. The fourth-order valence-electron chi connectivity index (χ4n) is 3.52. The van der Waals surface area contributed by atoms with Crippen LogP contribution in [0.5, 0.6) is 0 Å². The maximum atomic E-state index is 13.1. The number of aromatic nitrogens is 4. The third-order valence-electron chi connectivity index (χ3n) is 4.95. The first-order valence-electron chi connectivity index (χ1n) is 9.26. The van der Waals surface area contributed by atoms with Crippen LogP contribution >= 0.6 is 11.3 Å². The number of thiazole rings is 1. The van der Waals surface area contributed by atoms with Crippen LogP contribution in [-0.2, 0) is 6.54 Å². The fourth-order valence-corrected chi connectivity index (χ4v) is 4.27. The van der Waals surface area contributed by atoms with E-state index in [1.165, 1.54) is 18.4 Å². The fraction of sp³-hybridized carbons (Fsp3) is 0.190. The van der Waals surface area contributed by atoms with E-state index in [2.05, 4.69) is 15.4 Å². The third kappa shape index (κ3) is 3.22. The molecule has 4 rings (SSSR count). The lowest BCUT2D eigenvalue weighted by Gasteiger charge is -2.10. The standard InChI is InChI=1S/C21H19N5O3S/c1-12-10-16(13(2)26(12)21-23-8-9-30-21)17(27)11-25-20(29)15-7-5-4-6-14(15)18(24-25)19(28)22-3/h4-10H,11H2,1-3H3,(H,22,28). The van der Waals surface area contributed by atoms with Crippen molar-refractivity contribution in [2.75, 3.05) is 7.05 Å². The molecule has 0 bridgehead atoms. The van der Waals surface area contributed by atoms with Gasteiger partial charge in [0.15, 0.2) is 16.6 Å². The van der Waals surface area contributed by atoms with Gasteiger partial charge in [0, 0.05) is 41.0 Å². The van der Waals surface area contributed by atoms with Crippen molar-refractivity contribution in [2.24, 2.45) is 0 Å². The highest BCUT2D eigenvalue weighted by molar-refractivity contribution is 7.12. The second-order valence-corrected chi connectivity index (χ2v) is 7.67. The van der Waals surface area contributed by atoms with Gasteiger partial charge in [0.25, 0.3) is 11.5 Å². The van der Waals surface area contributed by atoms with Crippen molar-refractivity contribution in [3.63, 3.8) is 0 Å². The average Bonchev–Trinajstić information content (AvgIpc) is 3.37. The Kier molecular flexibility index (Phi) is 5.04. The van der Waals surface area contributed by atoms with Gasteiger partial charge in [-0.3, -0.25) is 19.0 Å². The first-order chi connectivity index (χ1) is 14.4. The zero-order valence-electron chi connectivity index (χ0n) is 16.7. The van der Waals surface area contributed by atoms with Gasteiger partial charge in [0.05, 0.1) is 5.39 Å². The van der Waals surface area contributed by atoms with E-state index in [-0.39, 0.29) is 18.0 Å². The van der Waals surface area contributed by atoms with Gasteiger partial charge in [-0.2, -0.15) is 5.10 Å². The topological polar surface area (TPSA) is 98.9 Å². The van der Waals surface area contributed by atoms with E-state index in [0.717, 1.165) is 21.2 Å². The second-order valence-electron chi connectivity index (χ2n) is 6.79. The van der Waals surface area contributed by atoms with Crippen molar-refractivity contribution in [3.8, 4) is 5.13 Å². The molecule has 0 aliphatic rings. The molecule has 0 saturated heterocycles. The molecule has 0 aliphatic heterocycles. The van der Waals surface area contributed by atoms with Crippen LogP contribution in [0.3, 0.4) is 0 Å². The maximum Gasteiger partial charge on any atom is 0.275 e. The Morgan fingerprint density at radius 2 is 1.90 bits per heavy atom. The van der Waals surface area contributed by atoms with Crippen LogP contribution in [0, 0.1) is 13.8 Å². The first-order valence-corrected chi connectivity index (χ1v) is 10.1. The van der Waals surface area contributed by atoms with Crippen LogP contribution < -0.4 is 10.9 Å². The van der Waals surface area contributed by atoms with Crippen LogP contribution in [0.25, 0.3) is 15.9 Å². The number of aryl methyl sites for hydroxylation is 1. The van der Waals surface area contributed by atoms with Crippen molar-refractivity contribution < 1.29 is 9.59 Å². The highest BCUT2D eigenvalue weighted by atomic mass is 32.1. The number of carbonyl (C=O) groups excluding carboxylic acids is 2. The molecular formula is C21H19N5O3S. The lowest BCUT2D eigenvalue weighted by Crippen LogP contribution is -2.31. The van der Waals surface area contributed by atoms with E-state index in [9.17, 15) is 14.4 Å². The molecule has 0 aliphatic carbocycles. The van der Waals surface area contributed by atoms with E-state index < -0.39 is 11.5 Å². The van der Waals surface area contributed by atoms with Crippen molar-refractivity contribution in [2.45, 2.75) is 20.4 Å². The molecule has 3 aromatic heterocycles. The Morgan fingerprint density at radius 1 is 1.17 bits per heavy atom. The second kappa shape index (κ2) is 7.68. The number of benzene rings is 1. The minimum atomic E-state index is -0.422. The maximum absolute atomic E-state index is 13.1. The minimum absolute atomic E-state index is 0.105. The molecule has 0 unspecified atom stereocenters. The number of amides is 1. The molecule has 30 heavy (non-hydrogen) atoms. The van der Waals surface area contributed by atoms with Crippen LogP contribution in [0.1, 0.15) is 32.2 Å². The number of Topliss-reactive ketones (excluding diaryl/α,β-unsaturated/α-hetero) is 1. The summed E-state index contributed by atoms with van der Waals surface area (Å²) in [5, 5.41) is 10.2. The SMILES string of the molecule is CNC(=O)c1nn(CC(=O)c2cc(C)n(-c3nccs3)c2C)c(=O)c2ccccc12. The van der Waals surface area contributed by atoms with Crippen LogP contribution in [0.4, 0.5) is 0 Å². The summed E-state index contributed by atoms with van der Waals surface area (Å²) in [5.74, 6) is -0.687. The number of hydrogen-bond donors (Lipinski definition) is 1. The summed E-state index contributed by atoms with van der Waals surface area (Å²) in [6, 6.07) is 8.53. The molecule has 0 saturated carbocycles. The number of fused-ring (bicyclic) bond motifs is 1. The predicted molar refractivity (Wildman–Crippen MR) is 115 cm³/mol. The Balaban J connectivity index is 1.78. The molecule has 4 aromatic rings. The van der Waals surface area contributed by atoms with Gasteiger partial charge >= 0.3 is 0 Å². The lowest BCUT2D eigenvalue weighted by atomic mass is 10.1. The Bertz CT molecular complexity index is 1330. The Hall–Kier alpha value is -3.59. The molecule has 0 spiro atoms. The smallest absolute Gasteiger partial charge is 0.275 e. The number of rotatable bonds is 5. The van der Waals surface area contributed by atoms with Crippen molar-refractivity contribution in [1.29, 1.82) is 0 Å². The minimum Gasteiger partial charge on any atom is -0.354 e. The molecule has 3 heterocycles. The molecular weight excluding hydrogens is 402 g/mol. The molecule has 9 heteroatoms. The van der Waals surface area contributed by atoms with E-state index in [0.29, 0.717) is 16.3 Å². The number of nitrogens with one attached hydrogen (secondary N) is 1. The summed E-state index contributed by atoms with van der Waals surface area (Å²) in [7, 11) is 1.49. The molecule has 8 nitrogen and oxygen atoms in total. The van der Waals surface area contributed by atoms with Crippen LogP contribution in [0.2, 0.25) is 0 Å². The van der Waals surface area contributed by atoms with Crippen molar-refractivity contribution in [1.82, 2.24) is 24.6 Å². The van der Waals surface area contributed by atoms with Gasteiger partial charge in [-0.1, -0.05) is 18.2 Å². The Labute approximate surface area is 175 Å². The molecule has 1 aromatic carbocycles. The summed E-state index contributed by atoms with van der Waals surface area (Å²) in [6.45, 7) is 3.47. The van der Waals surface area contributed by atoms with Crippen LogP contribution in [0.15, 0.2) is 46.7 Å². The summed E-state index contributed by atoms with van der Waals surface area (Å²) < 4.78 is 2.97. The number of ketones is 1. The normalized spacial score (nSPS) is 11.0. The third-order valence-corrected chi connectivity index (χ3v) is 5.70. The summed E-state index contributed by atoms with van der Waals surface area (Å²) >= 11 is 1.47. The zero-order chi connectivity index (χ0) is 21.4. The van der Waals surface area contributed by atoms with E-state index in [1.807, 2.05) is 23.8 Å². The molecule has 1 amide bonds. The van der Waals surface area contributed by atoms with Crippen molar-refractivity contribution in [3.05, 3.63) is 74.9 Å². The number of nitrogens with zero attached hydrogens (tertiary/aromatic N) is 4. The number of carbonyl (C=O) groups is 2. The quantitative estimate of drug-likeness (QED) is 0.499. The first kappa shape index (κ1) is 19.7. The average molecular weight is 421 g/mol. The zero-order valence-corrected chi connectivity index (χ0v) is 17.5. The van der Waals surface area contributed by atoms with Gasteiger partial charge in [-0.15, -0.1) is 11.3 Å².